The van der Waals surface area contributed by atoms with Crippen molar-refractivity contribution in [3.63, 3.8) is 0 Å². The Kier molecular flexibility index (Phi) is 5.09. The first kappa shape index (κ1) is 21.1. The number of carbonyl (C=O) groups excluding carboxylic acids is 1. The Morgan fingerprint density at radius 2 is 1.72 bits per heavy atom. The predicted molar refractivity (Wildman–Crippen MR) is 129 cm³/mol. The number of aromatic nitrogens is 2. The monoisotopic (exact) mass is 445 g/mol. The molecule has 5 heteroatoms. The zero-order chi connectivity index (χ0) is 22.6. The molecule has 2 fully saturated rings. The normalized spacial score (nSPS) is 22.0. The van der Waals surface area contributed by atoms with Gasteiger partial charge in [0.1, 0.15) is 0 Å². The number of carbonyl (C=O) groups is 1. The smallest absolute Gasteiger partial charge is 0.253 e. The molecule has 1 aliphatic heterocycles. The van der Waals surface area contributed by atoms with Crippen LogP contribution >= 0.6 is 11.6 Å². The number of likely N-dealkylation sites (tertiary alicyclic amines) is 1. The fourth-order valence-electron chi connectivity index (χ4n) is 4.82. The van der Waals surface area contributed by atoms with Gasteiger partial charge in [0.15, 0.2) is 0 Å². The van der Waals surface area contributed by atoms with Crippen molar-refractivity contribution in [1.29, 1.82) is 0 Å². The van der Waals surface area contributed by atoms with Crippen LogP contribution in [0.25, 0.3) is 22.3 Å². The van der Waals surface area contributed by atoms with Gasteiger partial charge < -0.3 is 4.90 Å². The summed E-state index contributed by atoms with van der Waals surface area (Å²) in [6, 6.07) is 11.8. The molecule has 1 aromatic carbocycles. The molecule has 1 saturated heterocycles. The fourth-order valence-corrected chi connectivity index (χ4v) is 5.11. The first-order valence-electron chi connectivity index (χ1n) is 11.2. The first-order chi connectivity index (χ1) is 15.2. The van der Waals surface area contributed by atoms with Crippen LogP contribution in [0, 0.1) is 17.8 Å². The van der Waals surface area contributed by atoms with Crippen LogP contribution in [0.4, 0.5) is 0 Å². The molecule has 0 radical (unpaired) electrons. The van der Waals surface area contributed by atoms with Crippen molar-refractivity contribution in [2.45, 2.75) is 33.1 Å². The lowest BCUT2D eigenvalue weighted by Crippen LogP contribution is -2.31. The van der Waals surface area contributed by atoms with Crippen LogP contribution in [-0.4, -0.2) is 33.9 Å². The summed E-state index contributed by atoms with van der Waals surface area (Å²) in [5.41, 5.74) is 5.55. The molecule has 0 N–H and O–H groups in total. The van der Waals surface area contributed by atoms with Crippen molar-refractivity contribution in [3.8, 4) is 22.3 Å². The Bertz CT molecular complexity index is 1190. The molecule has 0 spiro atoms. The standard InChI is InChI=1S/C27H28ClN3O/c1-16-22-14-31(15-23(16)22)26(32)18-5-6-21(24(28)10-18)20-9-19(12-29-13-20)17-7-8-30-25(11-17)27(2,3)4/h5-13,16,22-23H,14-15H2,1-4H3/t16?,22-,23+. The molecule has 1 amide bonds. The van der Waals surface area contributed by atoms with Gasteiger partial charge in [-0.25, -0.2) is 0 Å². The highest BCUT2D eigenvalue weighted by molar-refractivity contribution is 6.33. The molecule has 1 saturated carbocycles. The summed E-state index contributed by atoms with van der Waals surface area (Å²) in [6.07, 6.45) is 5.52. The number of hydrogen-bond acceptors (Lipinski definition) is 3. The van der Waals surface area contributed by atoms with Crippen molar-refractivity contribution < 1.29 is 4.79 Å². The van der Waals surface area contributed by atoms with E-state index in [4.69, 9.17) is 11.6 Å². The van der Waals surface area contributed by atoms with Crippen molar-refractivity contribution in [3.05, 3.63) is 71.3 Å². The van der Waals surface area contributed by atoms with Gasteiger partial charge in [0.05, 0.1) is 0 Å². The fraction of sp³-hybridized carbons (Fsp3) is 0.370. The van der Waals surface area contributed by atoms with Crippen LogP contribution in [-0.2, 0) is 5.41 Å². The highest BCUT2D eigenvalue weighted by atomic mass is 35.5. The largest absolute Gasteiger partial charge is 0.338 e. The third kappa shape index (κ3) is 3.81. The zero-order valence-electron chi connectivity index (χ0n) is 19.0. The molecule has 1 aliphatic carbocycles. The lowest BCUT2D eigenvalue weighted by molar-refractivity contribution is 0.0769. The summed E-state index contributed by atoms with van der Waals surface area (Å²) in [7, 11) is 0. The van der Waals surface area contributed by atoms with E-state index in [1.54, 1.807) is 6.07 Å². The molecular weight excluding hydrogens is 418 g/mol. The van der Waals surface area contributed by atoms with Gasteiger partial charge in [-0.3, -0.25) is 14.8 Å². The lowest BCUT2D eigenvalue weighted by atomic mass is 9.90. The molecule has 3 heterocycles. The predicted octanol–water partition coefficient (Wildman–Crippen LogP) is 6.10. The topological polar surface area (TPSA) is 46.1 Å². The summed E-state index contributed by atoms with van der Waals surface area (Å²) in [5, 5.41) is 0.567. The Morgan fingerprint density at radius 3 is 2.41 bits per heavy atom. The van der Waals surface area contributed by atoms with Crippen molar-refractivity contribution in [1.82, 2.24) is 14.9 Å². The first-order valence-corrected chi connectivity index (χ1v) is 11.6. The molecule has 5 rings (SSSR count). The highest BCUT2D eigenvalue weighted by Gasteiger charge is 2.53. The van der Waals surface area contributed by atoms with E-state index in [1.807, 2.05) is 41.7 Å². The molecule has 2 aliphatic rings. The van der Waals surface area contributed by atoms with Crippen LogP contribution < -0.4 is 0 Å². The minimum atomic E-state index is -0.0272. The van der Waals surface area contributed by atoms with E-state index >= 15 is 0 Å². The molecule has 32 heavy (non-hydrogen) atoms. The van der Waals surface area contributed by atoms with E-state index in [1.165, 1.54) is 0 Å². The van der Waals surface area contributed by atoms with Gasteiger partial charge in [0, 0.05) is 70.1 Å². The van der Waals surface area contributed by atoms with E-state index in [0.717, 1.165) is 47.0 Å². The number of benzene rings is 1. The lowest BCUT2D eigenvalue weighted by Gasteiger charge is -2.19. The minimum Gasteiger partial charge on any atom is -0.338 e. The van der Waals surface area contributed by atoms with Gasteiger partial charge in [-0.1, -0.05) is 45.4 Å². The second-order valence-electron chi connectivity index (χ2n) is 10.2. The average Bonchev–Trinajstić information content (AvgIpc) is 3.17. The third-order valence-corrected chi connectivity index (χ3v) is 7.35. The maximum Gasteiger partial charge on any atom is 0.253 e. The van der Waals surface area contributed by atoms with E-state index < -0.39 is 0 Å². The van der Waals surface area contributed by atoms with E-state index in [2.05, 4.69) is 49.8 Å². The zero-order valence-corrected chi connectivity index (χ0v) is 19.7. The molecule has 2 aromatic heterocycles. The second kappa shape index (κ2) is 7.70. The van der Waals surface area contributed by atoms with E-state index in [0.29, 0.717) is 22.4 Å². The van der Waals surface area contributed by atoms with Crippen LogP contribution in [0.2, 0.25) is 5.02 Å². The number of fused-ring (bicyclic) bond motifs is 1. The number of amides is 1. The Hall–Kier alpha value is -2.72. The SMILES string of the molecule is CC1[C@H]2CN(C(=O)c3ccc(-c4cncc(-c5ccnc(C(C)(C)C)c5)c4)c(Cl)c3)C[C@@H]12. The summed E-state index contributed by atoms with van der Waals surface area (Å²) in [6.45, 7) is 10.5. The summed E-state index contributed by atoms with van der Waals surface area (Å²) < 4.78 is 0. The second-order valence-corrected chi connectivity index (χ2v) is 10.6. The summed E-state index contributed by atoms with van der Waals surface area (Å²) >= 11 is 6.65. The molecule has 3 aromatic rings. The maximum atomic E-state index is 12.9. The maximum absolute atomic E-state index is 12.9. The number of pyridine rings is 2. The van der Waals surface area contributed by atoms with Gasteiger partial charge in [-0.15, -0.1) is 0 Å². The average molecular weight is 446 g/mol. The highest BCUT2D eigenvalue weighted by Crippen LogP contribution is 2.51. The number of hydrogen-bond donors (Lipinski definition) is 0. The molecule has 0 bridgehead atoms. The number of piperidine rings is 1. The number of rotatable bonds is 3. The molecule has 4 nitrogen and oxygen atoms in total. The summed E-state index contributed by atoms with van der Waals surface area (Å²) in [4.78, 5) is 23.9. The summed E-state index contributed by atoms with van der Waals surface area (Å²) in [5.74, 6) is 2.23. The van der Waals surface area contributed by atoms with Crippen molar-refractivity contribution in [2.75, 3.05) is 13.1 Å². The number of halogens is 1. The van der Waals surface area contributed by atoms with E-state index in [9.17, 15) is 4.79 Å². The Labute approximate surface area is 194 Å². The van der Waals surface area contributed by atoms with Gasteiger partial charge >= 0.3 is 0 Å². The number of nitrogens with zero attached hydrogens (tertiary/aromatic N) is 3. The quantitative estimate of drug-likeness (QED) is 0.489. The molecule has 3 atom stereocenters. The van der Waals surface area contributed by atoms with E-state index in [-0.39, 0.29) is 11.3 Å². The molecular formula is C27H28ClN3O. The van der Waals surface area contributed by atoms with Gasteiger partial charge in [-0.2, -0.15) is 0 Å². The van der Waals surface area contributed by atoms with Crippen LogP contribution in [0.1, 0.15) is 43.7 Å². The van der Waals surface area contributed by atoms with Crippen LogP contribution in [0.3, 0.4) is 0 Å². The van der Waals surface area contributed by atoms with Crippen LogP contribution in [0.15, 0.2) is 55.0 Å². The Balaban J connectivity index is 1.40. The van der Waals surface area contributed by atoms with Crippen LogP contribution in [0.5, 0.6) is 0 Å². The van der Waals surface area contributed by atoms with Gasteiger partial charge in [0.25, 0.3) is 5.91 Å². The molecule has 1 unspecified atom stereocenters. The van der Waals surface area contributed by atoms with Crippen molar-refractivity contribution in [2.24, 2.45) is 17.8 Å². The minimum absolute atomic E-state index is 0.0272. The third-order valence-electron chi connectivity index (χ3n) is 7.04. The molecule has 164 valence electrons. The van der Waals surface area contributed by atoms with Gasteiger partial charge in [-0.05, 0) is 53.6 Å². The Morgan fingerprint density at radius 1 is 1.00 bits per heavy atom. The van der Waals surface area contributed by atoms with Gasteiger partial charge in [0.2, 0.25) is 0 Å². The van der Waals surface area contributed by atoms with Crippen molar-refractivity contribution >= 4 is 17.5 Å².